The van der Waals surface area contributed by atoms with E-state index in [0.29, 0.717) is 12.8 Å². The molecule has 1 aromatic carbocycles. The Kier molecular flexibility index (Phi) is 4.35. The van der Waals surface area contributed by atoms with Crippen molar-refractivity contribution in [1.29, 1.82) is 0 Å². The number of hydrogen-bond acceptors (Lipinski definition) is 2. The number of carbonyl (C=O) groups excluding carboxylic acids is 1. The standard InChI is InChI=1S/C17H23NO3/c1-11-6-4-7-14(12(11)2)13(3)18-15(19)10-17(16(20)21)8-5-9-17/h4,6-7,13H,5,8-10H2,1-3H3,(H,18,19)(H,20,21). The third kappa shape index (κ3) is 3.09. The summed E-state index contributed by atoms with van der Waals surface area (Å²) in [5.41, 5.74) is 2.61. The molecule has 0 saturated heterocycles. The number of nitrogens with one attached hydrogen (secondary N) is 1. The average Bonchev–Trinajstić information content (AvgIpc) is 2.36. The van der Waals surface area contributed by atoms with Crippen molar-refractivity contribution >= 4 is 11.9 Å². The third-order valence-corrected chi connectivity index (χ3v) is 4.75. The van der Waals surface area contributed by atoms with E-state index in [1.165, 1.54) is 11.1 Å². The van der Waals surface area contributed by atoms with Crippen LogP contribution in [-0.4, -0.2) is 17.0 Å². The zero-order valence-corrected chi connectivity index (χ0v) is 12.9. The molecule has 0 aromatic heterocycles. The number of carbonyl (C=O) groups is 2. The van der Waals surface area contributed by atoms with Gasteiger partial charge in [-0.3, -0.25) is 9.59 Å². The Hall–Kier alpha value is -1.84. The summed E-state index contributed by atoms with van der Waals surface area (Å²) in [6.07, 6.45) is 2.19. The lowest BCUT2D eigenvalue weighted by molar-refractivity contribution is -0.157. The lowest BCUT2D eigenvalue weighted by Gasteiger charge is -2.37. The molecule has 0 radical (unpaired) electrons. The van der Waals surface area contributed by atoms with Gasteiger partial charge < -0.3 is 10.4 Å². The van der Waals surface area contributed by atoms with Crippen LogP contribution in [0.4, 0.5) is 0 Å². The van der Waals surface area contributed by atoms with Gasteiger partial charge in [0, 0.05) is 6.42 Å². The van der Waals surface area contributed by atoms with E-state index in [-0.39, 0.29) is 18.4 Å². The Balaban J connectivity index is 2.02. The number of carboxylic acids is 1. The molecule has 114 valence electrons. The van der Waals surface area contributed by atoms with E-state index in [1.807, 2.05) is 39.0 Å². The molecule has 0 spiro atoms. The van der Waals surface area contributed by atoms with Crippen LogP contribution in [0.25, 0.3) is 0 Å². The Morgan fingerprint density at radius 1 is 1.33 bits per heavy atom. The second-order valence-electron chi connectivity index (χ2n) is 6.19. The Morgan fingerprint density at radius 3 is 2.52 bits per heavy atom. The average molecular weight is 289 g/mol. The first-order valence-electron chi connectivity index (χ1n) is 7.44. The molecular formula is C17H23NO3. The predicted molar refractivity (Wildman–Crippen MR) is 81.0 cm³/mol. The normalized spacial score (nSPS) is 17.7. The fraction of sp³-hybridized carbons (Fsp3) is 0.529. The summed E-state index contributed by atoms with van der Waals surface area (Å²) in [6.45, 7) is 6.02. The Labute approximate surface area is 125 Å². The van der Waals surface area contributed by atoms with Crippen LogP contribution in [0.3, 0.4) is 0 Å². The highest BCUT2D eigenvalue weighted by Crippen LogP contribution is 2.44. The summed E-state index contributed by atoms with van der Waals surface area (Å²) in [4.78, 5) is 23.5. The topological polar surface area (TPSA) is 66.4 Å². The highest BCUT2D eigenvalue weighted by atomic mass is 16.4. The van der Waals surface area contributed by atoms with Crippen molar-refractivity contribution in [1.82, 2.24) is 5.32 Å². The number of aliphatic carboxylic acids is 1. The molecule has 0 aliphatic heterocycles. The second-order valence-corrected chi connectivity index (χ2v) is 6.19. The summed E-state index contributed by atoms with van der Waals surface area (Å²) in [6, 6.07) is 5.92. The maximum atomic E-state index is 12.2. The van der Waals surface area contributed by atoms with Crippen molar-refractivity contribution < 1.29 is 14.7 Å². The van der Waals surface area contributed by atoms with E-state index in [0.717, 1.165) is 12.0 Å². The van der Waals surface area contributed by atoms with Gasteiger partial charge in [0.25, 0.3) is 0 Å². The smallest absolute Gasteiger partial charge is 0.310 e. The van der Waals surface area contributed by atoms with Gasteiger partial charge in [0.05, 0.1) is 11.5 Å². The van der Waals surface area contributed by atoms with Crippen molar-refractivity contribution in [2.24, 2.45) is 5.41 Å². The van der Waals surface area contributed by atoms with Crippen LogP contribution in [0, 0.1) is 19.3 Å². The van der Waals surface area contributed by atoms with Crippen LogP contribution >= 0.6 is 0 Å². The summed E-state index contributed by atoms with van der Waals surface area (Å²) in [5.74, 6) is -1.02. The monoisotopic (exact) mass is 289 g/mol. The lowest BCUT2D eigenvalue weighted by atomic mass is 9.66. The van der Waals surface area contributed by atoms with Gasteiger partial charge in [-0.2, -0.15) is 0 Å². The molecule has 2 N–H and O–H groups in total. The van der Waals surface area contributed by atoms with Crippen LogP contribution in [0.1, 0.15) is 55.3 Å². The minimum atomic E-state index is -0.844. The van der Waals surface area contributed by atoms with Crippen molar-refractivity contribution in [3.63, 3.8) is 0 Å². The van der Waals surface area contributed by atoms with E-state index in [4.69, 9.17) is 0 Å². The molecule has 1 aliphatic rings. The summed E-state index contributed by atoms with van der Waals surface area (Å²) < 4.78 is 0. The Bertz CT molecular complexity index is 561. The van der Waals surface area contributed by atoms with E-state index in [2.05, 4.69) is 5.32 Å². The van der Waals surface area contributed by atoms with Crippen molar-refractivity contribution in [3.8, 4) is 0 Å². The summed E-state index contributed by atoms with van der Waals surface area (Å²) in [7, 11) is 0. The van der Waals surface area contributed by atoms with Crippen molar-refractivity contribution in [2.45, 2.75) is 52.5 Å². The third-order valence-electron chi connectivity index (χ3n) is 4.75. The maximum absolute atomic E-state index is 12.2. The molecule has 1 aromatic rings. The van der Waals surface area contributed by atoms with Crippen LogP contribution in [-0.2, 0) is 9.59 Å². The van der Waals surface area contributed by atoms with Gasteiger partial charge in [-0.1, -0.05) is 24.6 Å². The van der Waals surface area contributed by atoms with E-state index < -0.39 is 11.4 Å². The molecule has 0 heterocycles. The van der Waals surface area contributed by atoms with Gasteiger partial charge in [-0.15, -0.1) is 0 Å². The fourth-order valence-corrected chi connectivity index (χ4v) is 2.99. The number of hydrogen-bond donors (Lipinski definition) is 2. The van der Waals surface area contributed by atoms with Gasteiger partial charge in [0.2, 0.25) is 5.91 Å². The van der Waals surface area contributed by atoms with Gasteiger partial charge in [-0.05, 0) is 50.3 Å². The van der Waals surface area contributed by atoms with Gasteiger partial charge >= 0.3 is 5.97 Å². The summed E-state index contributed by atoms with van der Waals surface area (Å²) >= 11 is 0. The minimum Gasteiger partial charge on any atom is -0.481 e. The van der Waals surface area contributed by atoms with Crippen LogP contribution in [0.15, 0.2) is 18.2 Å². The number of amides is 1. The largest absolute Gasteiger partial charge is 0.481 e. The van der Waals surface area contributed by atoms with Crippen molar-refractivity contribution in [2.75, 3.05) is 0 Å². The van der Waals surface area contributed by atoms with E-state index in [9.17, 15) is 14.7 Å². The molecule has 1 saturated carbocycles. The first kappa shape index (κ1) is 15.5. The Morgan fingerprint density at radius 2 is 2.00 bits per heavy atom. The molecule has 4 heteroatoms. The minimum absolute atomic E-state index is 0.0809. The first-order valence-corrected chi connectivity index (χ1v) is 7.44. The van der Waals surface area contributed by atoms with Gasteiger partial charge in [0.1, 0.15) is 0 Å². The molecular weight excluding hydrogens is 266 g/mol. The van der Waals surface area contributed by atoms with E-state index >= 15 is 0 Å². The molecule has 1 fully saturated rings. The lowest BCUT2D eigenvalue weighted by Crippen LogP contribution is -2.43. The fourth-order valence-electron chi connectivity index (χ4n) is 2.99. The highest BCUT2D eigenvalue weighted by molar-refractivity contribution is 5.85. The van der Waals surface area contributed by atoms with Gasteiger partial charge in [-0.25, -0.2) is 0 Å². The maximum Gasteiger partial charge on any atom is 0.310 e. The molecule has 1 aliphatic carbocycles. The van der Waals surface area contributed by atoms with Gasteiger partial charge in [0.15, 0.2) is 0 Å². The molecule has 1 amide bonds. The second kappa shape index (κ2) is 5.88. The molecule has 1 atom stereocenters. The first-order chi connectivity index (χ1) is 9.85. The van der Waals surface area contributed by atoms with E-state index in [1.54, 1.807) is 0 Å². The molecule has 2 rings (SSSR count). The molecule has 4 nitrogen and oxygen atoms in total. The number of carboxylic acid groups (broad SMARTS) is 1. The predicted octanol–water partition coefficient (Wildman–Crippen LogP) is 3.13. The highest BCUT2D eigenvalue weighted by Gasteiger charge is 2.45. The number of benzene rings is 1. The zero-order chi connectivity index (χ0) is 15.6. The molecule has 0 bridgehead atoms. The molecule has 1 unspecified atom stereocenters. The van der Waals surface area contributed by atoms with Crippen molar-refractivity contribution in [3.05, 3.63) is 34.9 Å². The van der Waals surface area contributed by atoms with Crippen LogP contribution in [0.5, 0.6) is 0 Å². The van der Waals surface area contributed by atoms with Crippen LogP contribution in [0.2, 0.25) is 0 Å². The zero-order valence-electron chi connectivity index (χ0n) is 12.9. The number of aryl methyl sites for hydroxylation is 1. The van der Waals surface area contributed by atoms with Crippen LogP contribution < -0.4 is 5.32 Å². The quantitative estimate of drug-likeness (QED) is 0.875. The molecule has 21 heavy (non-hydrogen) atoms. The SMILES string of the molecule is Cc1cccc(C(C)NC(=O)CC2(C(=O)O)CCC2)c1C. The summed E-state index contributed by atoms with van der Waals surface area (Å²) in [5, 5.41) is 12.2. The number of rotatable bonds is 5.